The Morgan fingerprint density at radius 2 is 1.71 bits per heavy atom. The molecule has 34 heavy (non-hydrogen) atoms. The van der Waals surface area contributed by atoms with Gasteiger partial charge in [-0.1, -0.05) is 43.9 Å². The van der Waals surface area contributed by atoms with Gasteiger partial charge in [-0.15, -0.1) is 0 Å². The average molecular weight is 488 g/mol. The molecular formula is C26H34FN3O3S. The van der Waals surface area contributed by atoms with E-state index in [1.54, 1.807) is 0 Å². The molecule has 2 aromatic carbocycles. The number of rotatable bonds is 7. The molecule has 1 saturated carbocycles. The van der Waals surface area contributed by atoms with E-state index in [1.165, 1.54) is 42.5 Å². The van der Waals surface area contributed by atoms with Gasteiger partial charge < -0.3 is 5.32 Å². The molecule has 0 aromatic heterocycles. The highest BCUT2D eigenvalue weighted by molar-refractivity contribution is 7.89. The number of hydrogen-bond acceptors (Lipinski definition) is 4. The number of piperidine rings is 1. The summed E-state index contributed by atoms with van der Waals surface area (Å²) in [6.07, 6.45) is 8.65. The Balaban J connectivity index is 1.52. The summed E-state index contributed by atoms with van der Waals surface area (Å²) in [4.78, 5) is 15.0. The van der Waals surface area contributed by atoms with Gasteiger partial charge in [0.1, 0.15) is 10.7 Å². The fourth-order valence-corrected chi connectivity index (χ4v) is 6.59. The number of halogens is 1. The molecule has 4 rings (SSSR count). The molecule has 2 aromatic rings. The number of para-hydroxylation sites is 1. The molecule has 1 aliphatic carbocycles. The van der Waals surface area contributed by atoms with E-state index in [0.29, 0.717) is 31.4 Å². The Morgan fingerprint density at radius 1 is 1.03 bits per heavy atom. The molecule has 0 bridgehead atoms. The van der Waals surface area contributed by atoms with E-state index < -0.39 is 26.6 Å². The number of amides is 1. The highest BCUT2D eigenvalue weighted by Gasteiger charge is 2.29. The quantitative estimate of drug-likeness (QED) is 0.596. The van der Waals surface area contributed by atoms with Crippen LogP contribution in [0.15, 0.2) is 47.4 Å². The lowest BCUT2D eigenvalue weighted by atomic mass is 9.94. The number of carbonyl (C=O) groups excluding carboxylic acids is 1. The van der Waals surface area contributed by atoms with E-state index in [4.69, 9.17) is 0 Å². The Bertz CT molecular complexity index is 1110. The number of sulfonamides is 1. The van der Waals surface area contributed by atoms with Crippen molar-refractivity contribution < 1.29 is 17.6 Å². The lowest BCUT2D eigenvalue weighted by Gasteiger charge is -2.31. The van der Waals surface area contributed by atoms with Crippen LogP contribution in [-0.2, 0) is 16.6 Å². The molecule has 1 aliphatic heterocycles. The summed E-state index contributed by atoms with van der Waals surface area (Å²) in [6.45, 7) is 1.46. The fourth-order valence-electron chi connectivity index (χ4n) is 4.98. The van der Waals surface area contributed by atoms with Gasteiger partial charge >= 0.3 is 0 Å². The summed E-state index contributed by atoms with van der Waals surface area (Å²) in [5.74, 6) is -1.29. The lowest BCUT2D eigenvalue weighted by molar-refractivity contribution is 0.102. The first-order valence-corrected chi connectivity index (χ1v) is 13.7. The van der Waals surface area contributed by atoms with Gasteiger partial charge in [0, 0.05) is 36.9 Å². The van der Waals surface area contributed by atoms with Gasteiger partial charge in [-0.2, -0.15) is 4.31 Å². The van der Waals surface area contributed by atoms with Crippen LogP contribution in [0.2, 0.25) is 0 Å². The molecule has 1 amide bonds. The summed E-state index contributed by atoms with van der Waals surface area (Å²) >= 11 is 0. The minimum atomic E-state index is -3.99. The molecule has 6 nitrogen and oxygen atoms in total. The first-order chi connectivity index (χ1) is 16.4. The molecule has 1 heterocycles. The molecule has 184 valence electrons. The van der Waals surface area contributed by atoms with Crippen molar-refractivity contribution in [1.82, 2.24) is 9.21 Å². The van der Waals surface area contributed by atoms with E-state index in [1.807, 2.05) is 24.3 Å². The zero-order chi connectivity index (χ0) is 24.1. The Hall–Kier alpha value is -2.29. The van der Waals surface area contributed by atoms with Crippen LogP contribution in [-0.4, -0.2) is 49.7 Å². The van der Waals surface area contributed by atoms with E-state index >= 15 is 0 Å². The predicted octanol–water partition coefficient (Wildman–Crippen LogP) is 5.02. The topological polar surface area (TPSA) is 69.7 Å². The van der Waals surface area contributed by atoms with E-state index in [9.17, 15) is 17.6 Å². The summed E-state index contributed by atoms with van der Waals surface area (Å²) in [7, 11) is -1.87. The van der Waals surface area contributed by atoms with Crippen molar-refractivity contribution in [2.75, 3.05) is 25.5 Å². The Kier molecular flexibility index (Phi) is 8.01. The number of carbonyl (C=O) groups is 1. The maximum atomic E-state index is 14.6. The van der Waals surface area contributed by atoms with Gasteiger partial charge in [0.25, 0.3) is 5.91 Å². The van der Waals surface area contributed by atoms with Gasteiger partial charge in [0.15, 0.2) is 0 Å². The normalized spacial score (nSPS) is 18.2. The standard InChI is InChI=1S/C26H34FN3O3S/c1-29(22-11-4-2-5-12-22)19-21-10-6-7-13-24(21)28-26(31)20-14-15-23(27)25(18-20)34(32,33)30-16-8-3-9-17-30/h6-7,10,13-15,18,22H,2-5,8-9,11-12,16-17,19H2,1H3,(H,28,31). The fraction of sp³-hybridized carbons (Fsp3) is 0.500. The third-order valence-corrected chi connectivity index (χ3v) is 8.92. The van der Waals surface area contributed by atoms with Gasteiger partial charge in [-0.25, -0.2) is 12.8 Å². The second-order valence-electron chi connectivity index (χ2n) is 9.43. The third-order valence-electron chi connectivity index (χ3n) is 7.01. The van der Waals surface area contributed by atoms with Crippen LogP contribution in [0, 0.1) is 5.82 Å². The smallest absolute Gasteiger partial charge is 0.255 e. The van der Waals surface area contributed by atoms with Crippen LogP contribution in [0.5, 0.6) is 0 Å². The van der Waals surface area contributed by atoms with Crippen LogP contribution < -0.4 is 5.32 Å². The molecule has 1 saturated heterocycles. The minimum Gasteiger partial charge on any atom is -0.322 e. The molecule has 8 heteroatoms. The van der Waals surface area contributed by atoms with Crippen LogP contribution in [0.25, 0.3) is 0 Å². The molecule has 0 atom stereocenters. The molecule has 1 N–H and O–H groups in total. The van der Waals surface area contributed by atoms with Crippen LogP contribution in [0.1, 0.15) is 67.3 Å². The number of hydrogen-bond donors (Lipinski definition) is 1. The largest absolute Gasteiger partial charge is 0.322 e. The van der Waals surface area contributed by atoms with Crippen molar-refractivity contribution in [3.63, 3.8) is 0 Å². The molecule has 0 spiro atoms. The molecule has 0 unspecified atom stereocenters. The van der Waals surface area contributed by atoms with Crippen LogP contribution in [0.3, 0.4) is 0 Å². The van der Waals surface area contributed by atoms with Crippen LogP contribution >= 0.6 is 0 Å². The maximum Gasteiger partial charge on any atom is 0.255 e. The lowest BCUT2D eigenvalue weighted by Crippen LogP contribution is -2.36. The molecular weight excluding hydrogens is 453 g/mol. The minimum absolute atomic E-state index is 0.118. The molecule has 2 aliphatic rings. The molecule has 0 radical (unpaired) electrons. The zero-order valence-corrected chi connectivity index (χ0v) is 20.6. The summed E-state index contributed by atoms with van der Waals surface area (Å²) in [6, 6.07) is 11.7. The van der Waals surface area contributed by atoms with Gasteiger partial charge in [0.2, 0.25) is 10.0 Å². The van der Waals surface area contributed by atoms with Crippen molar-refractivity contribution >= 4 is 21.6 Å². The number of anilines is 1. The monoisotopic (exact) mass is 487 g/mol. The first kappa shape index (κ1) is 24.8. The third kappa shape index (κ3) is 5.67. The van der Waals surface area contributed by atoms with Crippen molar-refractivity contribution in [2.24, 2.45) is 0 Å². The number of nitrogens with zero attached hydrogens (tertiary/aromatic N) is 2. The van der Waals surface area contributed by atoms with Crippen molar-refractivity contribution in [3.8, 4) is 0 Å². The second kappa shape index (κ2) is 11.0. The zero-order valence-electron chi connectivity index (χ0n) is 19.8. The predicted molar refractivity (Wildman–Crippen MR) is 132 cm³/mol. The van der Waals surface area contributed by atoms with E-state index in [2.05, 4.69) is 17.3 Å². The highest BCUT2D eigenvalue weighted by atomic mass is 32.2. The molecule has 2 fully saturated rings. The summed E-state index contributed by atoms with van der Waals surface area (Å²) in [5, 5.41) is 2.92. The van der Waals surface area contributed by atoms with E-state index in [0.717, 1.165) is 37.0 Å². The average Bonchev–Trinajstić information content (AvgIpc) is 2.86. The van der Waals surface area contributed by atoms with E-state index in [-0.39, 0.29) is 5.56 Å². The van der Waals surface area contributed by atoms with Gasteiger partial charge in [-0.3, -0.25) is 9.69 Å². The van der Waals surface area contributed by atoms with Gasteiger partial charge in [0.05, 0.1) is 0 Å². The second-order valence-corrected chi connectivity index (χ2v) is 11.3. The van der Waals surface area contributed by atoms with Crippen molar-refractivity contribution in [3.05, 3.63) is 59.4 Å². The highest BCUT2D eigenvalue weighted by Crippen LogP contribution is 2.27. The van der Waals surface area contributed by atoms with Gasteiger partial charge in [-0.05, 0) is 62.6 Å². The summed E-state index contributed by atoms with van der Waals surface area (Å²) < 4.78 is 41.9. The SMILES string of the molecule is CN(Cc1ccccc1NC(=O)c1ccc(F)c(S(=O)(=O)N2CCCCC2)c1)C1CCCCC1. The summed E-state index contributed by atoms with van der Waals surface area (Å²) in [5.41, 5.74) is 1.79. The number of nitrogens with one attached hydrogen (secondary N) is 1. The van der Waals surface area contributed by atoms with Crippen LogP contribution in [0.4, 0.5) is 10.1 Å². The van der Waals surface area contributed by atoms with Crippen molar-refractivity contribution in [1.29, 1.82) is 0 Å². The number of benzene rings is 2. The maximum absolute atomic E-state index is 14.6. The first-order valence-electron chi connectivity index (χ1n) is 12.3. The van der Waals surface area contributed by atoms with Crippen molar-refractivity contribution in [2.45, 2.75) is 68.8 Å². The Labute approximate surface area is 202 Å². The Morgan fingerprint density at radius 3 is 2.44 bits per heavy atom.